The molecule has 0 unspecified atom stereocenters. The second kappa shape index (κ2) is 16.0. The van der Waals surface area contributed by atoms with E-state index in [0.29, 0.717) is 0 Å². The van der Waals surface area contributed by atoms with Crippen LogP contribution in [0.1, 0.15) is 0 Å². The molecule has 3 heterocycles. The summed E-state index contributed by atoms with van der Waals surface area (Å²) in [6.45, 7) is 4.08. The number of rotatable bonds is 12. The third-order valence-electron chi connectivity index (χ3n) is 9.77. The third kappa shape index (κ3) is 6.91. The van der Waals surface area contributed by atoms with Gasteiger partial charge in [0.2, 0.25) is 0 Å². The van der Waals surface area contributed by atoms with E-state index in [1.807, 2.05) is 48.6 Å². The van der Waals surface area contributed by atoms with Crippen molar-refractivity contribution in [1.82, 2.24) is 29.3 Å². The molecule has 0 fully saturated rings. The summed E-state index contributed by atoms with van der Waals surface area (Å²) in [6.07, 6.45) is 3.83. The van der Waals surface area contributed by atoms with E-state index in [-0.39, 0.29) is 15.0 Å². The van der Waals surface area contributed by atoms with Crippen LogP contribution in [0, 0.1) is 0 Å². The van der Waals surface area contributed by atoms with Gasteiger partial charge in [-0.25, -0.2) is 0 Å². The molecule has 6 nitrogen and oxygen atoms in total. The van der Waals surface area contributed by atoms with Crippen LogP contribution in [0.3, 0.4) is 0 Å². The molecule has 0 saturated heterocycles. The summed E-state index contributed by atoms with van der Waals surface area (Å²) in [6, 6.07) is 69.1. The molecule has 57 heavy (non-hydrogen) atoms. The zero-order valence-electron chi connectivity index (χ0n) is 31.1. The van der Waals surface area contributed by atoms with Crippen LogP contribution in [0.2, 0.25) is 0 Å². The van der Waals surface area contributed by atoms with Gasteiger partial charge in [0.15, 0.2) is 0 Å². The molecule has 0 aliphatic carbocycles. The minimum atomic E-state index is -1.22. The molecule has 0 N–H and O–H groups in total. The Morgan fingerprint density at radius 2 is 0.649 bits per heavy atom. The number of allylic oxidation sites excluding steroid dienone is 2. The van der Waals surface area contributed by atoms with Crippen LogP contribution >= 0.6 is 0 Å². The Morgan fingerprint density at radius 1 is 0.386 bits per heavy atom. The van der Waals surface area contributed by atoms with Gasteiger partial charge in [-0.15, -0.1) is 0 Å². The van der Waals surface area contributed by atoms with Crippen molar-refractivity contribution in [2.45, 2.75) is 4.69 Å². The summed E-state index contributed by atoms with van der Waals surface area (Å²) >= 11 is -0.0288. The average molecular weight is 778 g/mol. The molecular weight excluding hydrogens is 740 g/mol. The van der Waals surface area contributed by atoms with Gasteiger partial charge in [-0.2, -0.15) is 0 Å². The van der Waals surface area contributed by atoms with Gasteiger partial charge in [-0.1, -0.05) is 0 Å². The fourth-order valence-electron chi connectivity index (χ4n) is 7.07. The zero-order valence-corrected chi connectivity index (χ0v) is 32.2. The Balaban J connectivity index is 1.48. The standard InChI is InChI=1S/C46H33N6.C4H5.Mn/c1-7-19-34(20-8-1)40-31-43(37-25-13-4-14-26-37)50(47-40)46(51-44(38-27-15-5-16-28-38)32-41(48-51)35-21-9-2-10-22-35)52-45(39-29-17-6-18-30-39)33-42(49-52)36-23-11-3-12-24-36;1-3-4-2;/h1-33H;1,3-4H,2H2;. The van der Waals surface area contributed by atoms with Crippen LogP contribution in [0.5, 0.6) is 0 Å². The van der Waals surface area contributed by atoms with Gasteiger partial charge in [0.05, 0.1) is 0 Å². The number of hydrogen-bond acceptors (Lipinski definition) is 3. The second-order valence-corrected chi connectivity index (χ2v) is 14.9. The molecule has 0 aliphatic heterocycles. The Hall–Kier alpha value is -7.05. The van der Waals surface area contributed by atoms with Gasteiger partial charge < -0.3 is 0 Å². The molecule has 9 aromatic rings. The predicted octanol–water partition coefficient (Wildman–Crippen LogP) is 11.7. The van der Waals surface area contributed by atoms with E-state index in [0.717, 1.165) is 67.5 Å². The van der Waals surface area contributed by atoms with E-state index in [9.17, 15) is 0 Å². The van der Waals surface area contributed by atoms with Gasteiger partial charge in [0.25, 0.3) is 0 Å². The van der Waals surface area contributed by atoms with Gasteiger partial charge in [0, 0.05) is 0 Å². The van der Waals surface area contributed by atoms with Crippen LogP contribution in [-0.4, -0.2) is 29.3 Å². The van der Waals surface area contributed by atoms with Crippen molar-refractivity contribution in [1.29, 1.82) is 0 Å². The van der Waals surface area contributed by atoms with E-state index in [1.54, 1.807) is 0 Å². The molecule has 0 atom stereocenters. The van der Waals surface area contributed by atoms with Crippen LogP contribution in [0.15, 0.2) is 224 Å². The summed E-state index contributed by atoms with van der Waals surface area (Å²) in [5.41, 5.74) is 11.3. The topological polar surface area (TPSA) is 53.5 Å². The summed E-state index contributed by atoms with van der Waals surface area (Å²) in [4.78, 5) is 2.17. The first-order valence-electron chi connectivity index (χ1n) is 18.8. The molecule has 9 rings (SSSR count). The summed E-state index contributed by atoms with van der Waals surface area (Å²) in [5, 5.41) is 16.9. The maximum absolute atomic E-state index is 5.64. The van der Waals surface area contributed by atoms with Gasteiger partial charge in [0.1, 0.15) is 0 Å². The SMILES string of the molecule is C=CC=[CH][Mn][C](n1nc(-c2ccccc2)cc1-c1ccccc1)(n1nc(-c2ccccc2)cc1-c1ccccc1)n1nc(-c2ccccc2)cc1-c1ccccc1. The second-order valence-electron chi connectivity index (χ2n) is 13.4. The van der Waals surface area contributed by atoms with Crippen molar-refractivity contribution in [3.8, 4) is 67.5 Å². The summed E-state index contributed by atoms with van der Waals surface area (Å²) < 4.78 is 5.24. The molecule has 0 amide bonds. The van der Waals surface area contributed by atoms with E-state index < -0.39 is 4.69 Å². The molecule has 275 valence electrons. The van der Waals surface area contributed by atoms with E-state index in [4.69, 9.17) is 15.3 Å². The first-order valence-corrected chi connectivity index (χ1v) is 20.1. The van der Waals surface area contributed by atoms with Crippen LogP contribution in [0.25, 0.3) is 67.5 Å². The Kier molecular flexibility index (Phi) is 9.98. The molecule has 6 aromatic carbocycles. The predicted molar refractivity (Wildman–Crippen MR) is 227 cm³/mol. The zero-order chi connectivity index (χ0) is 38.4. The Morgan fingerprint density at radius 3 is 0.912 bits per heavy atom. The Bertz CT molecular complexity index is 2460. The van der Waals surface area contributed by atoms with E-state index in [1.165, 1.54) is 0 Å². The maximum atomic E-state index is 5.64. The number of hydrogen-bond donors (Lipinski definition) is 0. The summed E-state index contributed by atoms with van der Waals surface area (Å²) in [7, 11) is 0. The number of benzene rings is 6. The molecular formula is C50H38MnN6. The first kappa shape index (κ1) is 35.6. The summed E-state index contributed by atoms with van der Waals surface area (Å²) in [5.74, 6) is 0. The van der Waals surface area contributed by atoms with Crippen molar-refractivity contribution in [3.63, 3.8) is 0 Å². The molecule has 0 aliphatic rings. The number of aromatic nitrogens is 6. The van der Waals surface area contributed by atoms with Crippen LogP contribution in [-0.2, 0) is 19.6 Å². The fourth-order valence-corrected chi connectivity index (χ4v) is 8.64. The molecule has 3 aromatic heterocycles. The average Bonchev–Trinajstić information content (AvgIpc) is 4.07. The Labute approximate surface area is 338 Å². The number of nitrogens with zero attached hydrogens (tertiary/aromatic N) is 6. The van der Waals surface area contributed by atoms with E-state index in [2.05, 4.69) is 189 Å². The van der Waals surface area contributed by atoms with Crippen LogP contribution in [0.4, 0.5) is 0 Å². The molecule has 0 spiro atoms. The van der Waals surface area contributed by atoms with Gasteiger partial charge >= 0.3 is 340 Å². The quantitative estimate of drug-likeness (QED) is 0.0917. The van der Waals surface area contributed by atoms with Crippen molar-refractivity contribution in [2.24, 2.45) is 0 Å². The van der Waals surface area contributed by atoms with Gasteiger partial charge in [-0.05, 0) is 0 Å². The molecule has 7 heteroatoms. The van der Waals surface area contributed by atoms with Crippen LogP contribution < -0.4 is 0 Å². The van der Waals surface area contributed by atoms with Crippen molar-refractivity contribution in [2.75, 3.05) is 0 Å². The fraction of sp³-hybridized carbons (Fsp3) is 0.0200. The van der Waals surface area contributed by atoms with E-state index >= 15 is 0 Å². The minimum absolute atomic E-state index is 0.0288. The molecule has 0 bridgehead atoms. The molecule has 0 saturated carbocycles. The van der Waals surface area contributed by atoms with Crippen molar-refractivity contribution in [3.05, 3.63) is 224 Å². The van der Waals surface area contributed by atoms with Crippen molar-refractivity contribution >= 4 is 0 Å². The normalized spacial score (nSPS) is 11.6. The van der Waals surface area contributed by atoms with Crippen molar-refractivity contribution < 1.29 is 15.0 Å². The first-order chi connectivity index (χ1) is 28.2. The molecule has 0 radical (unpaired) electrons. The monoisotopic (exact) mass is 777 g/mol. The third-order valence-corrected chi connectivity index (χ3v) is 11.4. The van der Waals surface area contributed by atoms with Gasteiger partial charge in [-0.3, -0.25) is 0 Å².